The molecule has 0 aromatic heterocycles. The van der Waals surface area contributed by atoms with Crippen LogP contribution in [0.25, 0.3) is 0 Å². The van der Waals surface area contributed by atoms with Gasteiger partial charge in [0.2, 0.25) is 15.9 Å². The van der Waals surface area contributed by atoms with E-state index in [4.69, 9.17) is 5.73 Å². The molecule has 1 aromatic carbocycles. The van der Waals surface area contributed by atoms with Crippen LogP contribution >= 0.6 is 0 Å². The topological polar surface area (TPSA) is 92.5 Å². The Balaban J connectivity index is 2.25. The molecule has 0 bridgehead atoms. The summed E-state index contributed by atoms with van der Waals surface area (Å²) in [5, 5.41) is 2.59. The van der Waals surface area contributed by atoms with Gasteiger partial charge in [-0.25, -0.2) is 8.42 Å². The number of amides is 1. The van der Waals surface area contributed by atoms with Gasteiger partial charge in [-0.3, -0.25) is 4.79 Å². The van der Waals surface area contributed by atoms with Crippen molar-refractivity contribution < 1.29 is 13.2 Å². The van der Waals surface area contributed by atoms with Gasteiger partial charge in [-0.1, -0.05) is 0 Å². The average molecular weight is 297 g/mol. The van der Waals surface area contributed by atoms with Crippen LogP contribution in [0.15, 0.2) is 29.2 Å². The minimum Gasteiger partial charge on any atom is -0.399 e. The molecule has 2 rings (SSSR count). The van der Waals surface area contributed by atoms with Crippen molar-refractivity contribution in [3.8, 4) is 0 Å². The van der Waals surface area contributed by atoms with Gasteiger partial charge >= 0.3 is 0 Å². The van der Waals surface area contributed by atoms with Crippen molar-refractivity contribution in [3.63, 3.8) is 0 Å². The third-order valence-corrected chi connectivity index (χ3v) is 5.59. The van der Waals surface area contributed by atoms with Crippen molar-refractivity contribution in [2.24, 2.45) is 5.41 Å². The smallest absolute Gasteiger partial charge is 0.243 e. The molecule has 1 fully saturated rings. The van der Waals surface area contributed by atoms with E-state index in [0.29, 0.717) is 18.7 Å². The number of hydrogen-bond acceptors (Lipinski definition) is 4. The first-order chi connectivity index (χ1) is 9.29. The number of carbonyl (C=O) groups excluding carboxylic acids is 1. The fourth-order valence-corrected chi connectivity index (χ4v) is 3.96. The van der Waals surface area contributed by atoms with Crippen LogP contribution in [0.5, 0.6) is 0 Å². The Morgan fingerprint density at radius 1 is 1.35 bits per heavy atom. The molecule has 0 radical (unpaired) electrons. The summed E-state index contributed by atoms with van der Waals surface area (Å²) in [4.78, 5) is 12.0. The van der Waals surface area contributed by atoms with Gasteiger partial charge in [0.05, 0.1) is 10.3 Å². The van der Waals surface area contributed by atoms with Gasteiger partial charge in [-0.2, -0.15) is 4.31 Å². The quantitative estimate of drug-likeness (QED) is 0.791. The Hall–Kier alpha value is -1.60. The summed E-state index contributed by atoms with van der Waals surface area (Å²) in [6.45, 7) is 2.32. The fraction of sp³-hybridized carbons (Fsp3) is 0.462. The number of hydrogen-bond donors (Lipinski definition) is 2. The second kappa shape index (κ2) is 5.06. The highest BCUT2D eigenvalue weighted by atomic mass is 32.2. The molecule has 1 amide bonds. The second-order valence-electron chi connectivity index (χ2n) is 5.30. The Morgan fingerprint density at radius 3 is 2.50 bits per heavy atom. The summed E-state index contributed by atoms with van der Waals surface area (Å²) in [5.41, 5.74) is 5.41. The van der Waals surface area contributed by atoms with Crippen LogP contribution in [0, 0.1) is 5.41 Å². The largest absolute Gasteiger partial charge is 0.399 e. The highest BCUT2D eigenvalue weighted by molar-refractivity contribution is 7.89. The van der Waals surface area contributed by atoms with Crippen molar-refractivity contribution >= 4 is 21.6 Å². The summed E-state index contributed by atoms with van der Waals surface area (Å²) in [5.74, 6) is -0.132. The lowest BCUT2D eigenvalue weighted by molar-refractivity contribution is -0.128. The highest BCUT2D eigenvalue weighted by Crippen LogP contribution is 2.33. The number of sulfonamides is 1. The van der Waals surface area contributed by atoms with E-state index < -0.39 is 15.4 Å². The number of rotatable bonds is 3. The monoisotopic (exact) mass is 297 g/mol. The highest BCUT2D eigenvalue weighted by Gasteiger charge is 2.44. The van der Waals surface area contributed by atoms with Crippen LogP contribution in [-0.4, -0.2) is 38.8 Å². The molecule has 0 saturated carbocycles. The first-order valence-electron chi connectivity index (χ1n) is 6.37. The maximum atomic E-state index is 12.5. The van der Waals surface area contributed by atoms with Crippen LogP contribution in [0.1, 0.15) is 13.3 Å². The molecule has 20 heavy (non-hydrogen) atoms. The molecule has 0 spiro atoms. The number of anilines is 1. The van der Waals surface area contributed by atoms with Crippen molar-refractivity contribution in [2.75, 3.05) is 25.9 Å². The Morgan fingerprint density at radius 2 is 1.95 bits per heavy atom. The maximum absolute atomic E-state index is 12.5. The number of nitrogen functional groups attached to an aromatic ring is 1. The number of carbonyl (C=O) groups is 1. The normalized spacial score (nSPS) is 23.7. The molecule has 1 atom stereocenters. The van der Waals surface area contributed by atoms with Crippen molar-refractivity contribution in [2.45, 2.75) is 18.2 Å². The molecular weight excluding hydrogens is 278 g/mol. The Bertz CT molecular complexity index is 612. The van der Waals surface area contributed by atoms with E-state index in [0.717, 1.165) is 0 Å². The van der Waals surface area contributed by atoms with Crippen LogP contribution in [0.3, 0.4) is 0 Å². The molecule has 1 unspecified atom stereocenters. The summed E-state index contributed by atoms with van der Waals surface area (Å²) in [6, 6.07) is 6.09. The SMILES string of the molecule is CNC(=O)C1(C)CCN(S(=O)(=O)c2ccc(N)cc2)C1. The number of benzene rings is 1. The average Bonchev–Trinajstić information content (AvgIpc) is 2.83. The molecule has 3 N–H and O–H groups in total. The number of nitrogens with zero attached hydrogens (tertiary/aromatic N) is 1. The lowest BCUT2D eigenvalue weighted by atomic mass is 9.89. The van der Waals surface area contributed by atoms with E-state index in [1.165, 1.54) is 16.4 Å². The van der Waals surface area contributed by atoms with Crippen LogP contribution in [0.4, 0.5) is 5.69 Å². The van der Waals surface area contributed by atoms with Crippen molar-refractivity contribution in [1.82, 2.24) is 9.62 Å². The Kier molecular flexibility index (Phi) is 3.75. The molecule has 1 aliphatic rings. The lowest BCUT2D eigenvalue weighted by Gasteiger charge is -2.22. The molecular formula is C13H19N3O3S. The zero-order valence-corrected chi connectivity index (χ0v) is 12.4. The van der Waals surface area contributed by atoms with Gasteiger partial charge in [-0.15, -0.1) is 0 Å². The van der Waals surface area contributed by atoms with Crippen LogP contribution in [-0.2, 0) is 14.8 Å². The molecule has 7 heteroatoms. The molecule has 6 nitrogen and oxygen atoms in total. The van der Waals surface area contributed by atoms with Crippen molar-refractivity contribution in [1.29, 1.82) is 0 Å². The molecule has 1 aliphatic heterocycles. The summed E-state index contributed by atoms with van der Waals surface area (Å²) >= 11 is 0. The van der Waals surface area contributed by atoms with E-state index in [1.807, 2.05) is 0 Å². The fourth-order valence-electron chi connectivity index (χ4n) is 2.40. The first kappa shape index (κ1) is 14.8. The molecule has 1 heterocycles. The van der Waals surface area contributed by atoms with Gasteiger partial charge in [0.25, 0.3) is 0 Å². The van der Waals surface area contributed by atoms with Crippen LogP contribution in [0.2, 0.25) is 0 Å². The lowest BCUT2D eigenvalue weighted by Crippen LogP contribution is -2.40. The molecule has 1 saturated heterocycles. The maximum Gasteiger partial charge on any atom is 0.243 e. The Labute approximate surface area is 119 Å². The van der Waals surface area contributed by atoms with E-state index in [-0.39, 0.29) is 17.3 Å². The van der Waals surface area contributed by atoms with Gasteiger partial charge in [0.15, 0.2) is 0 Å². The minimum absolute atomic E-state index is 0.132. The molecule has 0 aliphatic carbocycles. The molecule has 110 valence electrons. The van der Waals surface area contributed by atoms with Crippen molar-refractivity contribution in [3.05, 3.63) is 24.3 Å². The predicted molar refractivity (Wildman–Crippen MR) is 76.4 cm³/mol. The van der Waals surface area contributed by atoms with Gasteiger partial charge in [0, 0.05) is 25.8 Å². The second-order valence-corrected chi connectivity index (χ2v) is 7.24. The summed E-state index contributed by atoms with van der Waals surface area (Å²) in [6.07, 6.45) is 0.515. The third-order valence-electron chi connectivity index (χ3n) is 3.73. The predicted octanol–water partition coefficient (Wildman–Crippen LogP) is 0.416. The van der Waals surface area contributed by atoms with E-state index in [9.17, 15) is 13.2 Å². The zero-order chi connectivity index (χ0) is 15.0. The zero-order valence-electron chi connectivity index (χ0n) is 11.6. The minimum atomic E-state index is -3.57. The van der Waals surface area contributed by atoms with Gasteiger partial charge < -0.3 is 11.1 Å². The van der Waals surface area contributed by atoms with Gasteiger partial charge in [-0.05, 0) is 37.6 Å². The van der Waals surface area contributed by atoms with Gasteiger partial charge in [0.1, 0.15) is 0 Å². The van der Waals surface area contributed by atoms with E-state index >= 15 is 0 Å². The number of nitrogens with two attached hydrogens (primary N) is 1. The molecule has 1 aromatic rings. The van der Waals surface area contributed by atoms with E-state index in [1.54, 1.807) is 26.1 Å². The standard InChI is InChI=1S/C13H19N3O3S/c1-13(12(17)15-2)7-8-16(9-13)20(18,19)11-5-3-10(14)4-6-11/h3-6H,7-9,14H2,1-2H3,(H,15,17). The third kappa shape index (κ3) is 2.51. The van der Waals surface area contributed by atoms with Crippen LogP contribution < -0.4 is 11.1 Å². The van der Waals surface area contributed by atoms with E-state index in [2.05, 4.69) is 5.32 Å². The number of nitrogens with one attached hydrogen (secondary N) is 1. The first-order valence-corrected chi connectivity index (χ1v) is 7.81. The summed E-state index contributed by atoms with van der Waals surface area (Å²) < 4.78 is 26.4. The summed E-state index contributed by atoms with van der Waals surface area (Å²) in [7, 11) is -2.01.